The molecule has 2 N–H and O–H groups in total. The van der Waals surface area contributed by atoms with Crippen LogP contribution < -0.4 is 29.1 Å². The van der Waals surface area contributed by atoms with Crippen LogP contribution in [0.1, 0.15) is 153 Å². The van der Waals surface area contributed by atoms with Gasteiger partial charge in [0.2, 0.25) is 0 Å². The molecule has 5 aromatic rings. The molecule has 0 unspecified atom stereocenters. The standard InChI is InChI=1S/C60H86N4O4/c1-9-13-17-21-37-61(38-22-18-14-10-2)57-35-33-53(41-49(57)45-65)63(54-34-36-58(50(42-54)46-66)62(39-23-19-15-11-3)40-24-20-16-12-4)51-29-31-52(32-30-51)64(55-27-25-47(5)59(43-55)67-7)56-28-26-48(6)60(44-56)68-8/h25-36,41-44,65-66H,9-24,37-40,45-46H2,1-8H3. The predicted octanol–water partition coefficient (Wildman–Crippen LogP) is 16.2. The molecule has 370 valence electrons. The van der Waals surface area contributed by atoms with E-state index in [1.54, 1.807) is 14.2 Å². The minimum absolute atomic E-state index is 0.0583. The molecule has 5 rings (SSSR count). The van der Waals surface area contributed by atoms with E-state index in [1.165, 1.54) is 77.0 Å². The normalized spacial score (nSPS) is 11.2. The van der Waals surface area contributed by atoms with E-state index in [4.69, 9.17) is 9.47 Å². The van der Waals surface area contributed by atoms with E-state index in [1.807, 2.05) is 0 Å². The molecule has 8 heteroatoms. The lowest BCUT2D eigenvalue weighted by molar-refractivity contribution is 0.282. The number of ether oxygens (including phenoxy) is 2. The van der Waals surface area contributed by atoms with Gasteiger partial charge in [0.25, 0.3) is 0 Å². The van der Waals surface area contributed by atoms with Gasteiger partial charge >= 0.3 is 0 Å². The minimum Gasteiger partial charge on any atom is -0.496 e. The van der Waals surface area contributed by atoms with E-state index in [0.717, 1.165) is 131 Å². The van der Waals surface area contributed by atoms with Crippen molar-refractivity contribution < 1.29 is 19.7 Å². The molecule has 68 heavy (non-hydrogen) atoms. The monoisotopic (exact) mass is 927 g/mol. The average molecular weight is 927 g/mol. The van der Waals surface area contributed by atoms with Crippen LogP contribution in [-0.4, -0.2) is 50.6 Å². The van der Waals surface area contributed by atoms with Gasteiger partial charge in [0.1, 0.15) is 11.5 Å². The van der Waals surface area contributed by atoms with Gasteiger partial charge in [0.05, 0.1) is 27.4 Å². The lowest BCUT2D eigenvalue weighted by atomic mass is 10.0. The molecular weight excluding hydrogens is 841 g/mol. The van der Waals surface area contributed by atoms with Crippen molar-refractivity contribution in [3.05, 3.63) is 119 Å². The Labute approximate surface area is 411 Å². The molecule has 0 saturated carbocycles. The Morgan fingerprint density at radius 2 is 0.662 bits per heavy atom. The van der Waals surface area contributed by atoms with Gasteiger partial charge in [-0.1, -0.05) is 117 Å². The molecule has 0 fully saturated rings. The lowest BCUT2D eigenvalue weighted by Crippen LogP contribution is -2.27. The number of methoxy groups -OCH3 is 2. The zero-order chi connectivity index (χ0) is 48.7. The molecule has 0 saturated heterocycles. The van der Waals surface area contributed by atoms with Crippen molar-refractivity contribution >= 4 is 45.5 Å². The van der Waals surface area contributed by atoms with Crippen LogP contribution in [0, 0.1) is 13.8 Å². The van der Waals surface area contributed by atoms with E-state index in [-0.39, 0.29) is 13.2 Å². The summed E-state index contributed by atoms with van der Waals surface area (Å²) in [6, 6.07) is 34.6. The van der Waals surface area contributed by atoms with Gasteiger partial charge in [-0.25, -0.2) is 0 Å². The molecule has 0 aliphatic carbocycles. The highest BCUT2D eigenvalue weighted by atomic mass is 16.5. The average Bonchev–Trinajstić information content (AvgIpc) is 3.37. The first-order chi connectivity index (χ1) is 33.2. The first-order valence-electron chi connectivity index (χ1n) is 26.2. The molecular formula is C60H86N4O4. The van der Waals surface area contributed by atoms with Crippen LogP contribution >= 0.6 is 0 Å². The number of hydrogen-bond acceptors (Lipinski definition) is 8. The summed E-state index contributed by atoms with van der Waals surface area (Å²) in [5.41, 5.74) is 12.0. The van der Waals surface area contributed by atoms with E-state index < -0.39 is 0 Å². The summed E-state index contributed by atoms with van der Waals surface area (Å²) in [7, 11) is 3.44. The summed E-state index contributed by atoms with van der Waals surface area (Å²) in [5.74, 6) is 1.64. The van der Waals surface area contributed by atoms with Gasteiger partial charge in [-0.2, -0.15) is 0 Å². The summed E-state index contributed by atoms with van der Waals surface area (Å²) in [6.07, 6.45) is 19.2. The Kier molecular flexibility index (Phi) is 22.9. The van der Waals surface area contributed by atoms with Crippen molar-refractivity contribution in [2.75, 3.05) is 60.0 Å². The molecule has 0 aliphatic rings. The second-order valence-electron chi connectivity index (χ2n) is 18.7. The second-order valence-corrected chi connectivity index (χ2v) is 18.7. The van der Waals surface area contributed by atoms with Gasteiger partial charge in [-0.3, -0.25) is 0 Å². The van der Waals surface area contributed by atoms with Crippen molar-refractivity contribution in [3.63, 3.8) is 0 Å². The topological polar surface area (TPSA) is 71.9 Å². The molecule has 0 atom stereocenters. The number of benzene rings is 5. The summed E-state index contributed by atoms with van der Waals surface area (Å²) < 4.78 is 11.6. The predicted molar refractivity (Wildman–Crippen MR) is 291 cm³/mol. The number of nitrogens with zero attached hydrogens (tertiary/aromatic N) is 4. The van der Waals surface area contributed by atoms with Crippen LogP contribution in [0.25, 0.3) is 0 Å². The highest BCUT2D eigenvalue weighted by molar-refractivity contribution is 5.83. The fraction of sp³-hybridized carbons (Fsp3) is 0.500. The molecule has 0 aliphatic heterocycles. The van der Waals surface area contributed by atoms with Crippen LogP contribution in [-0.2, 0) is 13.2 Å². The van der Waals surface area contributed by atoms with Crippen molar-refractivity contribution in [1.29, 1.82) is 0 Å². The first-order valence-corrected chi connectivity index (χ1v) is 26.2. The number of rotatable bonds is 32. The van der Waals surface area contributed by atoms with Crippen molar-refractivity contribution in [2.24, 2.45) is 0 Å². The van der Waals surface area contributed by atoms with Gasteiger partial charge in [-0.15, -0.1) is 0 Å². The maximum absolute atomic E-state index is 11.1. The maximum Gasteiger partial charge on any atom is 0.123 e. The van der Waals surface area contributed by atoms with Crippen molar-refractivity contribution in [1.82, 2.24) is 0 Å². The molecule has 0 spiro atoms. The molecule has 0 radical (unpaired) electrons. The number of aliphatic hydroxyl groups is 2. The van der Waals surface area contributed by atoms with Crippen molar-refractivity contribution in [2.45, 2.75) is 157 Å². The second kappa shape index (κ2) is 29.0. The van der Waals surface area contributed by atoms with E-state index in [9.17, 15) is 10.2 Å². The summed E-state index contributed by atoms with van der Waals surface area (Å²) >= 11 is 0. The third-order valence-electron chi connectivity index (χ3n) is 13.5. The molecule has 0 heterocycles. The van der Waals surface area contributed by atoms with Crippen LogP contribution in [0.15, 0.2) is 97.1 Å². The smallest absolute Gasteiger partial charge is 0.123 e. The highest BCUT2D eigenvalue weighted by Gasteiger charge is 2.22. The van der Waals surface area contributed by atoms with E-state index >= 15 is 0 Å². The number of aliphatic hydroxyl groups excluding tert-OH is 2. The van der Waals surface area contributed by atoms with E-state index in [2.05, 4.69) is 158 Å². The minimum atomic E-state index is -0.0583. The Morgan fingerprint density at radius 3 is 0.956 bits per heavy atom. The molecule has 0 aromatic heterocycles. The third kappa shape index (κ3) is 14.9. The fourth-order valence-corrected chi connectivity index (χ4v) is 9.46. The SMILES string of the molecule is CCCCCCN(CCCCCC)c1ccc(N(c2ccc(N(c3ccc(C)c(OC)c3)c3ccc(C)c(OC)c3)cc2)c2ccc(N(CCCCCC)CCCCCC)c(CO)c2)cc1CO. The Bertz CT molecular complexity index is 2070. The van der Waals surface area contributed by atoms with E-state index in [0.29, 0.717) is 0 Å². The first kappa shape index (κ1) is 53.8. The van der Waals surface area contributed by atoms with Crippen LogP contribution in [0.4, 0.5) is 45.5 Å². The third-order valence-corrected chi connectivity index (χ3v) is 13.5. The largest absolute Gasteiger partial charge is 0.496 e. The lowest BCUT2D eigenvalue weighted by Gasteiger charge is -2.32. The molecule has 8 nitrogen and oxygen atoms in total. The zero-order valence-corrected chi connectivity index (χ0v) is 43.3. The summed E-state index contributed by atoms with van der Waals surface area (Å²) in [4.78, 5) is 9.55. The Balaban J connectivity index is 1.65. The highest BCUT2D eigenvalue weighted by Crippen LogP contribution is 2.43. The summed E-state index contributed by atoms with van der Waals surface area (Å²) in [6.45, 7) is 17.0. The fourth-order valence-electron chi connectivity index (χ4n) is 9.46. The molecule has 0 bridgehead atoms. The van der Waals surface area contributed by atoms with Crippen LogP contribution in [0.5, 0.6) is 11.5 Å². The quantitative estimate of drug-likeness (QED) is 0.0413. The van der Waals surface area contributed by atoms with Crippen LogP contribution in [0.2, 0.25) is 0 Å². The zero-order valence-electron chi connectivity index (χ0n) is 43.3. The van der Waals surface area contributed by atoms with Gasteiger partial charge < -0.3 is 39.3 Å². The number of hydrogen-bond donors (Lipinski definition) is 2. The Morgan fingerprint density at radius 1 is 0.368 bits per heavy atom. The maximum atomic E-state index is 11.1. The van der Waals surface area contributed by atoms with Gasteiger partial charge in [-0.05, 0) is 123 Å². The van der Waals surface area contributed by atoms with Crippen LogP contribution in [0.3, 0.4) is 0 Å². The molecule has 0 amide bonds. The number of aryl methyl sites for hydroxylation is 2. The van der Waals surface area contributed by atoms with Gasteiger partial charge in [0, 0.05) is 94.9 Å². The number of anilines is 8. The summed E-state index contributed by atoms with van der Waals surface area (Å²) in [5, 5.41) is 22.3. The molecule has 5 aromatic carbocycles. The number of unbranched alkanes of at least 4 members (excludes halogenated alkanes) is 12. The van der Waals surface area contributed by atoms with Crippen molar-refractivity contribution in [3.8, 4) is 11.5 Å². The Hall–Kier alpha value is -5.18. The van der Waals surface area contributed by atoms with Gasteiger partial charge in [0.15, 0.2) is 0 Å².